The molecule has 0 saturated heterocycles. The van der Waals surface area contributed by atoms with Crippen molar-refractivity contribution in [3.63, 3.8) is 0 Å². The van der Waals surface area contributed by atoms with Gasteiger partial charge in [0.1, 0.15) is 5.01 Å². The van der Waals surface area contributed by atoms with E-state index in [1.54, 1.807) is 0 Å². The summed E-state index contributed by atoms with van der Waals surface area (Å²) in [4.78, 5) is 16.6. The normalized spacial score (nSPS) is 13.3. The van der Waals surface area contributed by atoms with Crippen molar-refractivity contribution in [1.29, 1.82) is 0 Å². The van der Waals surface area contributed by atoms with Crippen LogP contribution in [0.5, 0.6) is 0 Å². The molecule has 0 aliphatic carbocycles. The van der Waals surface area contributed by atoms with Gasteiger partial charge in [-0.2, -0.15) is 13.2 Å². The van der Waals surface area contributed by atoms with E-state index in [1.165, 1.54) is 19.1 Å². The van der Waals surface area contributed by atoms with Crippen molar-refractivity contribution >= 4 is 17.2 Å². The molecule has 5 nitrogen and oxygen atoms in total. The number of aromatic nitrogens is 1. The Hall–Kier alpha value is -1.19. The third kappa shape index (κ3) is 4.73. The number of rotatable bonds is 6. The number of nitrogens with zero attached hydrogens (tertiary/aromatic N) is 2. The van der Waals surface area contributed by atoms with Gasteiger partial charge in [-0.25, -0.2) is 4.98 Å². The van der Waals surface area contributed by atoms with Crippen LogP contribution in [0.3, 0.4) is 0 Å². The first-order valence-electron chi connectivity index (χ1n) is 5.76. The average molecular weight is 311 g/mol. The molecule has 0 spiro atoms. The predicted octanol–water partition coefficient (Wildman–Crippen LogP) is 1.48. The molecule has 2 N–H and O–H groups in total. The Labute approximate surface area is 118 Å². The Morgan fingerprint density at radius 2 is 2.25 bits per heavy atom. The highest BCUT2D eigenvalue weighted by Crippen LogP contribution is 2.30. The van der Waals surface area contributed by atoms with Crippen LogP contribution in [0.1, 0.15) is 17.1 Å². The summed E-state index contributed by atoms with van der Waals surface area (Å²) >= 11 is 0.872. The number of hydrogen-bond donors (Lipinski definition) is 1. The summed E-state index contributed by atoms with van der Waals surface area (Å²) in [6.07, 6.45) is -4.77. The minimum absolute atomic E-state index is 0.0284. The van der Waals surface area contributed by atoms with Crippen LogP contribution in [0.25, 0.3) is 0 Å². The zero-order valence-electron chi connectivity index (χ0n) is 11.1. The van der Waals surface area contributed by atoms with Crippen molar-refractivity contribution in [2.45, 2.75) is 25.2 Å². The number of nitrogens with two attached hydrogens (primary N) is 1. The van der Waals surface area contributed by atoms with Crippen LogP contribution in [0.15, 0.2) is 5.38 Å². The van der Waals surface area contributed by atoms with Crippen molar-refractivity contribution in [3.05, 3.63) is 16.1 Å². The molecule has 1 heterocycles. The van der Waals surface area contributed by atoms with Crippen molar-refractivity contribution < 1.29 is 22.7 Å². The van der Waals surface area contributed by atoms with Crippen LogP contribution in [0.2, 0.25) is 0 Å². The highest BCUT2D eigenvalue weighted by molar-refractivity contribution is 7.09. The standard InChI is InChI=1S/C11H16F3N3O2S/c1-17(10(18)3-7(4-15)19-2)5-9-16-8(6-20-9)11(12,13)14/h6-7H,3-5,15H2,1-2H3. The van der Waals surface area contributed by atoms with E-state index < -0.39 is 18.0 Å². The highest BCUT2D eigenvalue weighted by Gasteiger charge is 2.33. The Bertz CT molecular complexity index is 446. The number of halogens is 3. The van der Waals surface area contributed by atoms with E-state index in [4.69, 9.17) is 10.5 Å². The van der Waals surface area contributed by atoms with Crippen molar-refractivity contribution in [1.82, 2.24) is 9.88 Å². The number of amides is 1. The molecule has 0 aliphatic heterocycles. The summed E-state index contributed by atoms with van der Waals surface area (Å²) < 4.78 is 42.2. The Kier molecular flexibility index (Phi) is 5.90. The molecule has 0 aromatic carbocycles. The van der Waals surface area contributed by atoms with Gasteiger partial charge in [-0.15, -0.1) is 11.3 Å². The smallest absolute Gasteiger partial charge is 0.380 e. The van der Waals surface area contributed by atoms with Gasteiger partial charge in [-0.1, -0.05) is 0 Å². The predicted molar refractivity (Wildman–Crippen MR) is 68.1 cm³/mol. The quantitative estimate of drug-likeness (QED) is 0.864. The number of ether oxygens (including phenoxy) is 1. The van der Waals surface area contributed by atoms with E-state index >= 15 is 0 Å². The monoisotopic (exact) mass is 311 g/mol. The van der Waals surface area contributed by atoms with Gasteiger partial charge >= 0.3 is 6.18 Å². The van der Waals surface area contributed by atoms with Gasteiger partial charge in [-0.05, 0) is 0 Å². The Morgan fingerprint density at radius 3 is 2.70 bits per heavy atom. The number of carbonyl (C=O) groups is 1. The van der Waals surface area contributed by atoms with Gasteiger partial charge in [-0.3, -0.25) is 4.79 Å². The van der Waals surface area contributed by atoms with Crippen LogP contribution in [0.4, 0.5) is 13.2 Å². The zero-order chi connectivity index (χ0) is 15.3. The minimum atomic E-state index is -4.46. The summed E-state index contributed by atoms with van der Waals surface area (Å²) in [6.45, 7) is 0.228. The van der Waals surface area contributed by atoms with E-state index in [9.17, 15) is 18.0 Å². The lowest BCUT2D eigenvalue weighted by Gasteiger charge is -2.19. The molecular weight excluding hydrogens is 295 g/mol. The first-order valence-corrected chi connectivity index (χ1v) is 6.64. The lowest BCUT2D eigenvalue weighted by Crippen LogP contribution is -2.33. The minimum Gasteiger partial charge on any atom is -0.380 e. The van der Waals surface area contributed by atoms with E-state index in [0.29, 0.717) is 0 Å². The lowest BCUT2D eigenvalue weighted by molar-refractivity contribution is -0.140. The third-order valence-electron chi connectivity index (χ3n) is 2.64. The summed E-state index contributed by atoms with van der Waals surface area (Å²) in [6, 6.07) is 0. The highest BCUT2D eigenvalue weighted by atomic mass is 32.1. The molecule has 1 unspecified atom stereocenters. The number of hydrogen-bond acceptors (Lipinski definition) is 5. The lowest BCUT2D eigenvalue weighted by atomic mass is 10.2. The van der Waals surface area contributed by atoms with E-state index in [-0.39, 0.29) is 30.4 Å². The second kappa shape index (κ2) is 7.00. The molecule has 0 bridgehead atoms. The summed E-state index contributed by atoms with van der Waals surface area (Å²) in [5.41, 5.74) is 4.47. The van der Waals surface area contributed by atoms with E-state index in [2.05, 4.69) is 4.98 Å². The van der Waals surface area contributed by atoms with Crippen LogP contribution in [-0.2, 0) is 22.3 Å². The molecule has 1 aromatic rings. The van der Waals surface area contributed by atoms with Gasteiger partial charge in [0.15, 0.2) is 5.69 Å². The first kappa shape index (κ1) is 16.9. The second-order valence-electron chi connectivity index (χ2n) is 4.17. The summed E-state index contributed by atoms with van der Waals surface area (Å²) in [5.74, 6) is -0.258. The van der Waals surface area contributed by atoms with Gasteiger partial charge < -0.3 is 15.4 Å². The molecule has 0 saturated carbocycles. The largest absolute Gasteiger partial charge is 0.434 e. The molecular formula is C11H16F3N3O2S. The van der Waals surface area contributed by atoms with E-state index in [0.717, 1.165) is 16.7 Å². The van der Waals surface area contributed by atoms with Crippen molar-refractivity contribution in [2.24, 2.45) is 5.73 Å². The van der Waals surface area contributed by atoms with Crippen molar-refractivity contribution in [2.75, 3.05) is 20.7 Å². The van der Waals surface area contributed by atoms with Gasteiger partial charge in [0.25, 0.3) is 0 Å². The van der Waals surface area contributed by atoms with Crippen LogP contribution in [0, 0.1) is 0 Å². The fourth-order valence-corrected chi connectivity index (χ4v) is 2.27. The fraction of sp³-hybridized carbons (Fsp3) is 0.636. The molecule has 0 radical (unpaired) electrons. The summed E-state index contributed by atoms with van der Waals surface area (Å²) in [7, 11) is 2.95. The molecule has 1 aromatic heterocycles. The maximum Gasteiger partial charge on any atom is 0.434 e. The van der Waals surface area contributed by atoms with Crippen molar-refractivity contribution in [3.8, 4) is 0 Å². The maximum absolute atomic E-state index is 12.4. The first-order chi connectivity index (χ1) is 9.27. The average Bonchev–Trinajstić information content (AvgIpc) is 2.83. The molecule has 1 atom stereocenters. The Morgan fingerprint density at radius 1 is 1.60 bits per heavy atom. The molecule has 0 fully saturated rings. The third-order valence-corrected chi connectivity index (χ3v) is 3.47. The molecule has 1 rings (SSSR count). The van der Waals surface area contributed by atoms with Gasteiger partial charge in [0.2, 0.25) is 5.91 Å². The van der Waals surface area contributed by atoms with Gasteiger partial charge in [0.05, 0.1) is 19.1 Å². The topological polar surface area (TPSA) is 68.5 Å². The van der Waals surface area contributed by atoms with Crippen LogP contribution in [-0.4, -0.2) is 42.6 Å². The molecule has 1 amide bonds. The molecule has 9 heteroatoms. The number of carbonyl (C=O) groups excluding carboxylic acids is 1. The second-order valence-corrected chi connectivity index (χ2v) is 5.11. The van der Waals surface area contributed by atoms with Crippen LogP contribution < -0.4 is 5.73 Å². The zero-order valence-corrected chi connectivity index (χ0v) is 11.9. The fourth-order valence-electron chi connectivity index (χ4n) is 1.42. The van der Waals surface area contributed by atoms with E-state index in [1.807, 2.05) is 0 Å². The number of methoxy groups -OCH3 is 1. The number of thiazole rings is 1. The maximum atomic E-state index is 12.4. The molecule has 114 valence electrons. The number of alkyl halides is 3. The Balaban J connectivity index is 2.59. The summed E-state index contributed by atoms with van der Waals surface area (Å²) in [5, 5.41) is 1.17. The van der Waals surface area contributed by atoms with Crippen LogP contribution >= 0.6 is 11.3 Å². The SMILES string of the molecule is COC(CN)CC(=O)N(C)Cc1nc(C(F)(F)F)cs1. The molecule has 20 heavy (non-hydrogen) atoms. The van der Waals surface area contributed by atoms with Gasteiger partial charge in [0, 0.05) is 26.1 Å². The molecule has 0 aliphatic rings.